The highest BCUT2D eigenvalue weighted by Crippen LogP contribution is 2.28. The highest BCUT2D eigenvalue weighted by Gasteiger charge is 2.27. The summed E-state index contributed by atoms with van der Waals surface area (Å²) in [6.45, 7) is 5.69. The van der Waals surface area contributed by atoms with Gasteiger partial charge in [-0.1, -0.05) is 25.1 Å². The number of aromatic nitrogens is 2. The number of hydrogen-bond donors (Lipinski definition) is 0. The van der Waals surface area contributed by atoms with Crippen LogP contribution < -0.4 is 10.5 Å². The average Bonchev–Trinajstić information content (AvgIpc) is 3.16. The molecule has 2 aromatic heterocycles. The SMILES string of the molecule is CCc1c(C)nc2n(c1=O)CN(Cc1ccco1)CN2c1ccccc1. The lowest BCUT2D eigenvalue weighted by molar-refractivity contribution is 0.176. The van der Waals surface area contributed by atoms with Crippen LogP contribution in [0.2, 0.25) is 0 Å². The van der Waals surface area contributed by atoms with Gasteiger partial charge in [-0.15, -0.1) is 0 Å². The van der Waals surface area contributed by atoms with Crippen LogP contribution in [0.25, 0.3) is 0 Å². The molecule has 0 spiro atoms. The van der Waals surface area contributed by atoms with Gasteiger partial charge in [0.1, 0.15) is 5.76 Å². The van der Waals surface area contributed by atoms with Crippen LogP contribution in [0.4, 0.5) is 11.6 Å². The summed E-state index contributed by atoms with van der Waals surface area (Å²) in [4.78, 5) is 22.1. The Morgan fingerprint density at radius 3 is 2.62 bits per heavy atom. The molecule has 6 nitrogen and oxygen atoms in total. The van der Waals surface area contributed by atoms with Crippen LogP contribution >= 0.6 is 0 Å². The van der Waals surface area contributed by atoms with E-state index in [1.54, 1.807) is 10.8 Å². The minimum absolute atomic E-state index is 0.0417. The van der Waals surface area contributed by atoms with E-state index in [2.05, 4.69) is 9.80 Å². The highest BCUT2D eigenvalue weighted by atomic mass is 16.3. The van der Waals surface area contributed by atoms with E-state index in [1.807, 2.05) is 56.3 Å². The van der Waals surface area contributed by atoms with E-state index in [0.717, 1.165) is 22.7 Å². The third kappa shape index (κ3) is 2.93. The molecular formula is C20H22N4O2. The topological polar surface area (TPSA) is 54.5 Å². The summed E-state index contributed by atoms with van der Waals surface area (Å²) in [5.74, 6) is 1.58. The second kappa shape index (κ2) is 6.80. The molecule has 134 valence electrons. The van der Waals surface area contributed by atoms with Crippen molar-refractivity contribution < 1.29 is 4.42 Å². The van der Waals surface area contributed by atoms with E-state index >= 15 is 0 Å². The van der Waals surface area contributed by atoms with Crippen molar-refractivity contribution in [3.63, 3.8) is 0 Å². The first-order chi connectivity index (χ1) is 12.7. The lowest BCUT2D eigenvalue weighted by Crippen LogP contribution is -2.47. The Balaban J connectivity index is 1.80. The van der Waals surface area contributed by atoms with Crippen LogP contribution in [-0.4, -0.2) is 21.1 Å². The van der Waals surface area contributed by atoms with Crippen LogP contribution in [0.3, 0.4) is 0 Å². The van der Waals surface area contributed by atoms with Gasteiger partial charge in [0.25, 0.3) is 5.56 Å². The maximum atomic E-state index is 13.0. The Bertz CT molecular complexity index is 948. The molecule has 3 aromatic rings. The number of rotatable bonds is 4. The molecule has 3 heterocycles. The van der Waals surface area contributed by atoms with E-state index in [9.17, 15) is 4.79 Å². The standard InChI is InChI=1S/C20H22N4O2/c1-3-18-15(2)21-20-23(16-8-5-4-6-9-16)13-22(14-24(20)19(18)25)12-17-10-7-11-26-17/h4-11H,3,12-14H2,1-2H3. The number of furan rings is 1. The van der Waals surface area contributed by atoms with Crippen molar-refractivity contribution in [3.8, 4) is 0 Å². The first kappa shape index (κ1) is 16.6. The molecule has 0 N–H and O–H groups in total. The van der Waals surface area contributed by atoms with E-state index < -0.39 is 0 Å². The zero-order valence-electron chi connectivity index (χ0n) is 15.1. The maximum Gasteiger partial charge on any atom is 0.259 e. The second-order valence-electron chi connectivity index (χ2n) is 6.52. The summed E-state index contributed by atoms with van der Waals surface area (Å²) in [7, 11) is 0. The van der Waals surface area contributed by atoms with E-state index in [-0.39, 0.29) is 5.56 Å². The largest absolute Gasteiger partial charge is 0.468 e. The van der Waals surface area contributed by atoms with E-state index in [4.69, 9.17) is 9.40 Å². The molecule has 1 aromatic carbocycles. The fraction of sp³-hybridized carbons (Fsp3) is 0.300. The zero-order chi connectivity index (χ0) is 18.1. The average molecular weight is 350 g/mol. The van der Waals surface area contributed by atoms with Crippen LogP contribution in [0, 0.1) is 6.92 Å². The minimum Gasteiger partial charge on any atom is -0.468 e. The predicted octanol–water partition coefficient (Wildman–Crippen LogP) is 3.28. The first-order valence-electron chi connectivity index (χ1n) is 8.85. The lowest BCUT2D eigenvalue weighted by Gasteiger charge is -2.38. The van der Waals surface area contributed by atoms with Gasteiger partial charge >= 0.3 is 0 Å². The fourth-order valence-electron chi connectivity index (χ4n) is 3.46. The molecule has 0 amide bonds. The monoisotopic (exact) mass is 350 g/mol. The Hall–Kier alpha value is -2.86. The van der Waals surface area contributed by atoms with Gasteiger partial charge in [0.2, 0.25) is 5.95 Å². The van der Waals surface area contributed by atoms with Crippen molar-refractivity contribution in [3.05, 3.63) is 76.1 Å². The summed E-state index contributed by atoms with van der Waals surface area (Å²) in [5, 5.41) is 0. The van der Waals surface area contributed by atoms with Gasteiger partial charge in [-0.3, -0.25) is 19.2 Å². The molecule has 0 saturated heterocycles. The van der Waals surface area contributed by atoms with Crippen LogP contribution in [0.15, 0.2) is 57.9 Å². The number of hydrogen-bond acceptors (Lipinski definition) is 5. The van der Waals surface area contributed by atoms with Gasteiger partial charge in [-0.2, -0.15) is 0 Å². The number of anilines is 2. The smallest absolute Gasteiger partial charge is 0.259 e. The predicted molar refractivity (Wildman–Crippen MR) is 100 cm³/mol. The minimum atomic E-state index is 0.0417. The second-order valence-corrected chi connectivity index (χ2v) is 6.52. The summed E-state index contributed by atoms with van der Waals surface area (Å²) < 4.78 is 7.27. The number of aryl methyl sites for hydroxylation is 1. The van der Waals surface area contributed by atoms with Crippen LogP contribution in [-0.2, 0) is 19.6 Å². The number of fused-ring (bicyclic) bond motifs is 1. The number of nitrogens with zero attached hydrogens (tertiary/aromatic N) is 4. The van der Waals surface area contributed by atoms with Crippen LogP contribution in [0.5, 0.6) is 0 Å². The maximum absolute atomic E-state index is 13.0. The van der Waals surface area contributed by atoms with Crippen LogP contribution in [0.1, 0.15) is 23.9 Å². The summed E-state index contributed by atoms with van der Waals surface area (Å²) >= 11 is 0. The van der Waals surface area contributed by atoms with Gasteiger partial charge in [-0.25, -0.2) is 4.98 Å². The molecule has 0 unspecified atom stereocenters. The third-order valence-corrected chi connectivity index (χ3v) is 4.75. The van der Waals surface area contributed by atoms with Crippen molar-refractivity contribution in [2.75, 3.05) is 11.6 Å². The molecular weight excluding hydrogens is 328 g/mol. The van der Waals surface area contributed by atoms with Gasteiger partial charge in [0, 0.05) is 16.9 Å². The Morgan fingerprint density at radius 2 is 1.92 bits per heavy atom. The Kier molecular flexibility index (Phi) is 4.34. The molecule has 0 radical (unpaired) electrons. The molecule has 0 bridgehead atoms. The quantitative estimate of drug-likeness (QED) is 0.723. The van der Waals surface area contributed by atoms with Gasteiger partial charge in [0.05, 0.1) is 26.1 Å². The van der Waals surface area contributed by atoms with Gasteiger partial charge in [-0.05, 0) is 37.6 Å². The molecule has 0 aliphatic carbocycles. The molecule has 6 heteroatoms. The Morgan fingerprint density at radius 1 is 1.12 bits per heavy atom. The van der Waals surface area contributed by atoms with Gasteiger partial charge in [0.15, 0.2) is 0 Å². The van der Waals surface area contributed by atoms with E-state index in [1.165, 1.54) is 0 Å². The molecule has 0 fully saturated rings. The third-order valence-electron chi connectivity index (χ3n) is 4.75. The fourth-order valence-corrected chi connectivity index (χ4v) is 3.46. The highest BCUT2D eigenvalue weighted by molar-refractivity contribution is 5.58. The van der Waals surface area contributed by atoms with Crippen molar-refractivity contribution in [1.82, 2.24) is 14.5 Å². The normalized spacial score (nSPS) is 14.5. The zero-order valence-corrected chi connectivity index (χ0v) is 15.1. The van der Waals surface area contributed by atoms with E-state index in [0.29, 0.717) is 32.3 Å². The Labute approximate surface area is 152 Å². The van der Waals surface area contributed by atoms with Crippen molar-refractivity contribution in [1.29, 1.82) is 0 Å². The molecule has 4 rings (SSSR count). The number of para-hydroxylation sites is 1. The molecule has 1 aliphatic heterocycles. The molecule has 0 saturated carbocycles. The summed E-state index contributed by atoms with van der Waals surface area (Å²) in [6.07, 6.45) is 2.36. The molecule has 0 atom stereocenters. The molecule has 1 aliphatic rings. The van der Waals surface area contributed by atoms with Crippen molar-refractivity contribution >= 4 is 11.6 Å². The summed E-state index contributed by atoms with van der Waals surface area (Å²) in [6, 6.07) is 13.9. The summed E-state index contributed by atoms with van der Waals surface area (Å²) in [5.41, 5.74) is 2.65. The first-order valence-corrected chi connectivity index (χ1v) is 8.85. The number of benzene rings is 1. The van der Waals surface area contributed by atoms with Crippen molar-refractivity contribution in [2.45, 2.75) is 33.5 Å². The van der Waals surface area contributed by atoms with Crippen molar-refractivity contribution in [2.24, 2.45) is 0 Å². The lowest BCUT2D eigenvalue weighted by atomic mass is 10.2. The van der Waals surface area contributed by atoms with Gasteiger partial charge < -0.3 is 4.42 Å². The molecule has 26 heavy (non-hydrogen) atoms.